The van der Waals surface area contributed by atoms with E-state index >= 15 is 0 Å². The highest BCUT2D eigenvalue weighted by Gasteiger charge is 2.44. The Labute approximate surface area is 271 Å². The molecule has 2 aromatic rings. The number of carbonyl (C=O) groups excluding carboxylic acids is 3. The summed E-state index contributed by atoms with van der Waals surface area (Å²) < 4.78 is 6.34. The number of carbonyl (C=O) groups is 3. The van der Waals surface area contributed by atoms with Crippen LogP contribution in [-0.4, -0.2) is 71.9 Å². The summed E-state index contributed by atoms with van der Waals surface area (Å²) in [6.07, 6.45) is 7.45. The van der Waals surface area contributed by atoms with Gasteiger partial charge in [0.1, 0.15) is 11.8 Å². The number of anilines is 1. The van der Waals surface area contributed by atoms with Crippen LogP contribution in [-0.2, 0) is 16.0 Å². The molecule has 3 amide bonds. The van der Waals surface area contributed by atoms with E-state index in [1.54, 1.807) is 62.4 Å². The third-order valence-electron chi connectivity index (χ3n) is 8.54. The van der Waals surface area contributed by atoms with Crippen molar-refractivity contribution in [2.75, 3.05) is 31.5 Å². The SMILES string of the molecule is CC(C)OC(=O)c1ccc(NC(=O)N[C@@H](Cc2ccc(O)cc2)C(=O)N[C@H]2CCC[N+](CC3CC3)(CC3CC3)C2)cc1.[I-]. The first-order chi connectivity index (χ1) is 20.2. The summed E-state index contributed by atoms with van der Waals surface area (Å²) in [5, 5.41) is 18.7. The Morgan fingerprint density at radius 3 is 2.14 bits per heavy atom. The Bertz CT molecular complexity index is 1230. The Kier molecular flexibility index (Phi) is 11.3. The zero-order chi connectivity index (χ0) is 29.7. The van der Waals surface area contributed by atoms with Crippen molar-refractivity contribution in [3.63, 3.8) is 0 Å². The summed E-state index contributed by atoms with van der Waals surface area (Å²) in [7, 11) is 0. The molecule has 1 heterocycles. The van der Waals surface area contributed by atoms with Gasteiger partial charge in [-0.3, -0.25) is 4.79 Å². The van der Waals surface area contributed by atoms with E-state index in [0.717, 1.165) is 41.3 Å². The Morgan fingerprint density at radius 2 is 1.56 bits per heavy atom. The number of piperidine rings is 1. The van der Waals surface area contributed by atoms with Crippen LogP contribution in [0, 0.1) is 11.8 Å². The fourth-order valence-corrected chi connectivity index (χ4v) is 6.22. The Hall–Kier alpha value is -2.86. The number of ether oxygens (including phenoxy) is 1. The van der Waals surface area contributed by atoms with Crippen molar-refractivity contribution in [3.8, 4) is 5.75 Å². The Morgan fingerprint density at radius 1 is 0.930 bits per heavy atom. The first kappa shape index (κ1) is 33.0. The second-order valence-corrected chi connectivity index (χ2v) is 12.9. The summed E-state index contributed by atoms with van der Waals surface area (Å²) in [5.41, 5.74) is 1.72. The third-order valence-corrected chi connectivity index (χ3v) is 8.54. The molecule has 10 heteroatoms. The number of aromatic hydroxyl groups is 1. The molecule has 3 aliphatic rings. The first-order valence-corrected chi connectivity index (χ1v) is 15.5. The van der Waals surface area contributed by atoms with Crippen molar-refractivity contribution >= 4 is 23.6 Å². The number of benzene rings is 2. The standard InChI is InChI=1S/C33H44N4O5.HI/c1-22(2)42-32(40)26-11-13-27(14-12-26)35-33(41)36-30(18-23-9-15-29(38)16-10-23)31(39)34-28-4-3-17-37(21-28,19-24-5-6-24)20-25-7-8-25;/h9-16,22,24-25,28,30H,3-8,17-21H2,1-2H3,(H3-,34,35,36,38,39,40,41);1H/t28-,30-;/m0./s1. The lowest BCUT2D eigenvalue weighted by molar-refractivity contribution is -0.936. The molecule has 1 aliphatic heterocycles. The lowest BCUT2D eigenvalue weighted by Gasteiger charge is -2.45. The maximum absolute atomic E-state index is 13.7. The van der Waals surface area contributed by atoms with Crippen LogP contribution in [0.3, 0.4) is 0 Å². The highest BCUT2D eigenvalue weighted by molar-refractivity contribution is 5.95. The molecule has 3 fully saturated rings. The minimum Gasteiger partial charge on any atom is -1.00 e. The number of hydrogen-bond acceptors (Lipinski definition) is 5. The highest BCUT2D eigenvalue weighted by Crippen LogP contribution is 2.39. The molecule has 0 unspecified atom stereocenters. The first-order valence-electron chi connectivity index (χ1n) is 15.5. The number of nitrogens with one attached hydrogen (secondary N) is 3. The van der Waals surface area contributed by atoms with Gasteiger partial charge in [-0.1, -0.05) is 12.1 Å². The third kappa shape index (κ3) is 10.1. The number of esters is 1. The summed E-state index contributed by atoms with van der Waals surface area (Å²) in [5.74, 6) is 1.19. The molecule has 5 rings (SSSR count). The van der Waals surface area contributed by atoms with Gasteiger partial charge < -0.3 is 54.3 Å². The van der Waals surface area contributed by atoms with Crippen molar-refractivity contribution in [2.24, 2.45) is 11.8 Å². The number of hydrogen-bond donors (Lipinski definition) is 4. The topological polar surface area (TPSA) is 117 Å². The Balaban J connectivity index is 0.00000423. The summed E-state index contributed by atoms with van der Waals surface area (Å²) in [4.78, 5) is 38.9. The number of likely N-dealkylation sites (tertiary alicyclic amines) is 1. The number of phenols is 1. The van der Waals surface area contributed by atoms with Gasteiger partial charge in [0, 0.05) is 23.9 Å². The molecule has 1 saturated heterocycles. The molecule has 2 aromatic carbocycles. The lowest BCUT2D eigenvalue weighted by atomic mass is 9.99. The molecule has 2 aliphatic carbocycles. The summed E-state index contributed by atoms with van der Waals surface area (Å²) in [6, 6.07) is 11.9. The molecule has 2 atom stereocenters. The number of quaternary nitrogens is 1. The molecular weight excluding hydrogens is 659 g/mol. The van der Waals surface area contributed by atoms with E-state index in [2.05, 4.69) is 16.0 Å². The number of urea groups is 1. The summed E-state index contributed by atoms with van der Waals surface area (Å²) >= 11 is 0. The zero-order valence-electron chi connectivity index (χ0n) is 25.2. The van der Waals surface area contributed by atoms with E-state index in [4.69, 9.17) is 4.74 Å². The molecule has 43 heavy (non-hydrogen) atoms. The van der Waals surface area contributed by atoms with Crippen molar-refractivity contribution in [1.82, 2.24) is 10.6 Å². The maximum atomic E-state index is 13.7. The number of nitrogens with zero attached hydrogens (tertiary/aromatic N) is 1. The quantitative estimate of drug-likeness (QED) is 0.152. The van der Waals surface area contributed by atoms with Gasteiger partial charge in [0.05, 0.1) is 43.9 Å². The largest absolute Gasteiger partial charge is 1.00 e. The van der Waals surface area contributed by atoms with Crippen LogP contribution in [0.15, 0.2) is 48.5 Å². The molecular formula is C33H45IN4O5. The average Bonchev–Trinajstić information content (AvgIpc) is 3.88. The minimum atomic E-state index is -0.800. The fourth-order valence-electron chi connectivity index (χ4n) is 6.22. The number of rotatable bonds is 12. The zero-order valence-corrected chi connectivity index (χ0v) is 27.3. The van der Waals surface area contributed by atoms with E-state index in [1.807, 2.05) is 0 Å². The predicted molar refractivity (Wildman–Crippen MR) is 161 cm³/mol. The van der Waals surface area contributed by atoms with Crippen LogP contribution in [0.1, 0.15) is 68.3 Å². The van der Waals surface area contributed by atoms with Crippen molar-refractivity contribution in [2.45, 2.75) is 77.0 Å². The van der Waals surface area contributed by atoms with E-state index in [9.17, 15) is 19.5 Å². The van der Waals surface area contributed by atoms with Gasteiger partial charge in [-0.05, 0) is 94.3 Å². The normalized spacial score (nSPS) is 19.9. The number of amides is 3. The van der Waals surface area contributed by atoms with Crippen LogP contribution in [0.5, 0.6) is 5.75 Å². The molecule has 0 aromatic heterocycles. The molecule has 2 saturated carbocycles. The van der Waals surface area contributed by atoms with Crippen molar-refractivity contribution in [3.05, 3.63) is 59.7 Å². The van der Waals surface area contributed by atoms with E-state index in [0.29, 0.717) is 11.3 Å². The fraction of sp³-hybridized carbons (Fsp3) is 0.545. The minimum absolute atomic E-state index is 0. The van der Waals surface area contributed by atoms with Gasteiger partial charge in [-0.25, -0.2) is 9.59 Å². The van der Waals surface area contributed by atoms with Crippen LogP contribution in [0.2, 0.25) is 0 Å². The van der Waals surface area contributed by atoms with Gasteiger partial charge in [0.15, 0.2) is 0 Å². The van der Waals surface area contributed by atoms with E-state index in [1.165, 1.54) is 45.3 Å². The van der Waals surface area contributed by atoms with Crippen LogP contribution >= 0.6 is 0 Å². The summed E-state index contributed by atoms with van der Waals surface area (Å²) in [6.45, 7) is 8.19. The average molecular weight is 705 g/mol. The van der Waals surface area contributed by atoms with Crippen molar-refractivity contribution in [1.29, 1.82) is 0 Å². The molecule has 0 radical (unpaired) electrons. The van der Waals surface area contributed by atoms with E-state index in [-0.39, 0.29) is 54.2 Å². The van der Waals surface area contributed by atoms with Crippen LogP contribution in [0.25, 0.3) is 0 Å². The molecule has 234 valence electrons. The second kappa shape index (κ2) is 14.7. The predicted octanol–water partition coefficient (Wildman–Crippen LogP) is 1.61. The molecule has 9 nitrogen and oxygen atoms in total. The van der Waals surface area contributed by atoms with Gasteiger partial charge in [-0.15, -0.1) is 0 Å². The molecule has 0 spiro atoms. The number of halogens is 1. The van der Waals surface area contributed by atoms with Gasteiger partial charge >= 0.3 is 12.0 Å². The maximum Gasteiger partial charge on any atom is 0.338 e. The molecule has 4 N–H and O–H groups in total. The lowest BCUT2D eigenvalue weighted by Crippen LogP contribution is -3.00. The van der Waals surface area contributed by atoms with Crippen LogP contribution in [0.4, 0.5) is 10.5 Å². The highest BCUT2D eigenvalue weighted by atomic mass is 127. The van der Waals surface area contributed by atoms with Gasteiger partial charge in [0.2, 0.25) is 5.91 Å². The smallest absolute Gasteiger partial charge is 0.338 e. The van der Waals surface area contributed by atoms with Crippen LogP contribution < -0.4 is 39.9 Å². The van der Waals surface area contributed by atoms with E-state index < -0.39 is 18.0 Å². The monoisotopic (exact) mass is 704 g/mol. The number of phenolic OH excluding ortho intramolecular Hbond substituents is 1. The van der Waals surface area contributed by atoms with Gasteiger partial charge in [0.25, 0.3) is 0 Å². The molecule has 0 bridgehead atoms. The van der Waals surface area contributed by atoms with Gasteiger partial charge in [-0.2, -0.15) is 0 Å². The second-order valence-electron chi connectivity index (χ2n) is 12.9. The van der Waals surface area contributed by atoms with Crippen molar-refractivity contribution < 1.29 is 52.7 Å².